The Morgan fingerprint density at radius 3 is 2.52 bits per heavy atom. The van der Waals surface area contributed by atoms with Gasteiger partial charge in [-0.3, -0.25) is 9.78 Å². The van der Waals surface area contributed by atoms with E-state index in [0.717, 1.165) is 16.5 Å². The molecule has 3 rings (SSSR count). The van der Waals surface area contributed by atoms with Gasteiger partial charge >= 0.3 is 6.18 Å². The molecule has 0 aliphatic rings. The standard InChI is InChI=1S/C19H16F3N3O2/c20-19(21,22)12-27-18-15(7-3-9-24-18)11-25-16(26)10-14-5-1-4-13-6-2-8-23-17(13)14/h1-9H,10-12H2,(H,25,26). The van der Waals surface area contributed by atoms with E-state index in [1.54, 1.807) is 18.3 Å². The first-order valence-corrected chi connectivity index (χ1v) is 8.15. The number of rotatable bonds is 6. The number of ether oxygens (including phenoxy) is 1. The number of nitrogens with zero attached hydrogens (tertiary/aromatic N) is 2. The summed E-state index contributed by atoms with van der Waals surface area (Å²) < 4.78 is 41.7. The Balaban J connectivity index is 1.64. The molecule has 3 aromatic rings. The summed E-state index contributed by atoms with van der Waals surface area (Å²) in [5, 5.41) is 3.61. The molecule has 1 N–H and O–H groups in total. The van der Waals surface area contributed by atoms with E-state index in [-0.39, 0.29) is 24.8 Å². The van der Waals surface area contributed by atoms with E-state index in [0.29, 0.717) is 5.56 Å². The predicted octanol–water partition coefficient (Wildman–Crippen LogP) is 3.43. The second-order valence-electron chi connectivity index (χ2n) is 5.82. The normalized spacial score (nSPS) is 11.4. The topological polar surface area (TPSA) is 64.1 Å². The van der Waals surface area contributed by atoms with Crippen LogP contribution in [-0.2, 0) is 17.8 Å². The summed E-state index contributed by atoms with van der Waals surface area (Å²) in [6.07, 6.45) is -1.37. The minimum atomic E-state index is -4.46. The van der Waals surface area contributed by atoms with E-state index in [1.807, 2.05) is 30.3 Å². The lowest BCUT2D eigenvalue weighted by molar-refractivity contribution is -0.154. The smallest absolute Gasteiger partial charge is 0.422 e. The lowest BCUT2D eigenvalue weighted by atomic mass is 10.1. The highest BCUT2D eigenvalue weighted by Gasteiger charge is 2.29. The van der Waals surface area contributed by atoms with Crippen molar-refractivity contribution in [3.63, 3.8) is 0 Å². The van der Waals surface area contributed by atoms with Crippen LogP contribution in [0.15, 0.2) is 54.9 Å². The average Bonchev–Trinajstić information content (AvgIpc) is 2.65. The highest BCUT2D eigenvalue weighted by atomic mass is 19.4. The molecule has 0 radical (unpaired) electrons. The molecule has 27 heavy (non-hydrogen) atoms. The molecule has 0 aliphatic heterocycles. The van der Waals surface area contributed by atoms with Crippen LogP contribution in [0.1, 0.15) is 11.1 Å². The number of aromatic nitrogens is 2. The molecule has 0 unspecified atom stereocenters. The number of para-hydroxylation sites is 1. The molecule has 0 atom stereocenters. The van der Waals surface area contributed by atoms with Crippen LogP contribution < -0.4 is 10.1 Å². The summed E-state index contributed by atoms with van der Waals surface area (Å²) in [5.74, 6) is -0.430. The highest BCUT2D eigenvalue weighted by Crippen LogP contribution is 2.20. The second-order valence-corrected chi connectivity index (χ2v) is 5.82. The number of nitrogens with one attached hydrogen (secondary N) is 1. The van der Waals surface area contributed by atoms with Crippen LogP contribution in [0.2, 0.25) is 0 Å². The van der Waals surface area contributed by atoms with Crippen molar-refractivity contribution in [2.45, 2.75) is 19.1 Å². The zero-order valence-electron chi connectivity index (χ0n) is 14.2. The van der Waals surface area contributed by atoms with Gasteiger partial charge in [0.15, 0.2) is 6.61 Å². The van der Waals surface area contributed by atoms with Crippen molar-refractivity contribution in [1.82, 2.24) is 15.3 Å². The van der Waals surface area contributed by atoms with Crippen LogP contribution in [0.4, 0.5) is 13.2 Å². The molecule has 5 nitrogen and oxygen atoms in total. The molecule has 1 amide bonds. The fraction of sp³-hybridized carbons (Fsp3) is 0.211. The number of carbonyl (C=O) groups is 1. The number of halogens is 3. The first kappa shape index (κ1) is 18.6. The minimum Gasteiger partial charge on any atom is -0.468 e. The maximum absolute atomic E-state index is 12.3. The van der Waals surface area contributed by atoms with Gasteiger partial charge in [-0.1, -0.05) is 30.3 Å². The van der Waals surface area contributed by atoms with Gasteiger partial charge in [0.25, 0.3) is 0 Å². The number of hydrogen-bond acceptors (Lipinski definition) is 4. The average molecular weight is 375 g/mol. The summed E-state index contributed by atoms with van der Waals surface area (Å²) in [5.41, 5.74) is 1.88. The van der Waals surface area contributed by atoms with Crippen LogP contribution in [0, 0.1) is 0 Å². The van der Waals surface area contributed by atoms with Crippen LogP contribution in [0.25, 0.3) is 10.9 Å². The van der Waals surface area contributed by atoms with Gasteiger partial charge in [0.2, 0.25) is 11.8 Å². The van der Waals surface area contributed by atoms with Crippen molar-refractivity contribution in [2.24, 2.45) is 0 Å². The zero-order chi connectivity index (χ0) is 19.3. The maximum atomic E-state index is 12.3. The van der Waals surface area contributed by atoms with Crippen molar-refractivity contribution < 1.29 is 22.7 Å². The summed E-state index contributed by atoms with van der Waals surface area (Å²) in [6, 6.07) is 12.4. The van der Waals surface area contributed by atoms with Crippen molar-refractivity contribution in [3.8, 4) is 5.88 Å². The molecule has 0 aliphatic carbocycles. The summed E-state index contributed by atoms with van der Waals surface area (Å²) in [7, 11) is 0. The van der Waals surface area contributed by atoms with E-state index < -0.39 is 12.8 Å². The van der Waals surface area contributed by atoms with E-state index in [9.17, 15) is 18.0 Å². The minimum absolute atomic E-state index is 0.0120. The van der Waals surface area contributed by atoms with Crippen LogP contribution in [0.3, 0.4) is 0 Å². The number of hydrogen-bond donors (Lipinski definition) is 1. The third kappa shape index (κ3) is 5.16. The predicted molar refractivity (Wildman–Crippen MR) is 93.1 cm³/mol. The van der Waals surface area contributed by atoms with E-state index in [4.69, 9.17) is 4.74 Å². The molecule has 0 spiro atoms. The molecule has 0 saturated heterocycles. The van der Waals surface area contributed by atoms with Crippen LogP contribution in [0.5, 0.6) is 5.88 Å². The van der Waals surface area contributed by atoms with Gasteiger partial charge in [0, 0.05) is 29.9 Å². The summed E-state index contributed by atoms with van der Waals surface area (Å²) >= 11 is 0. The van der Waals surface area contributed by atoms with E-state index in [1.165, 1.54) is 6.20 Å². The van der Waals surface area contributed by atoms with Gasteiger partial charge in [-0.2, -0.15) is 13.2 Å². The number of fused-ring (bicyclic) bond motifs is 1. The molecule has 0 saturated carbocycles. The van der Waals surface area contributed by atoms with Crippen LogP contribution in [-0.4, -0.2) is 28.7 Å². The molecule has 0 bridgehead atoms. The Bertz CT molecular complexity index is 939. The van der Waals surface area contributed by atoms with Gasteiger partial charge in [0.05, 0.1) is 11.9 Å². The first-order chi connectivity index (χ1) is 12.9. The SMILES string of the molecule is O=C(Cc1cccc2cccnc12)NCc1cccnc1OCC(F)(F)F. The Morgan fingerprint density at radius 2 is 1.70 bits per heavy atom. The number of amides is 1. The molecule has 2 heterocycles. The molecule has 1 aromatic carbocycles. The Hall–Kier alpha value is -3.16. The monoisotopic (exact) mass is 375 g/mol. The largest absolute Gasteiger partial charge is 0.468 e. The Morgan fingerprint density at radius 1 is 1.00 bits per heavy atom. The van der Waals surface area contributed by atoms with Gasteiger partial charge in [-0.15, -0.1) is 0 Å². The van der Waals surface area contributed by atoms with Crippen molar-refractivity contribution in [3.05, 3.63) is 66.0 Å². The zero-order valence-corrected chi connectivity index (χ0v) is 14.2. The number of pyridine rings is 2. The maximum Gasteiger partial charge on any atom is 0.422 e. The van der Waals surface area contributed by atoms with Gasteiger partial charge < -0.3 is 10.1 Å². The quantitative estimate of drug-likeness (QED) is 0.717. The van der Waals surface area contributed by atoms with Gasteiger partial charge in [-0.05, 0) is 17.7 Å². The molecule has 8 heteroatoms. The van der Waals surface area contributed by atoms with Crippen molar-refractivity contribution >= 4 is 16.8 Å². The van der Waals surface area contributed by atoms with Crippen molar-refractivity contribution in [2.75, 3.05) is 6.61 Å². The van der Waals surface area contributed by atoms with E-state index in [2.05, 4.69) is 15.3 Å². The molecule has 0 fully saturated rings. The van der Waals surface area contributed by atoms with E-state index >= 15 is 0 Å². The Kier molecular flexibility index (Phi) is 5.54. The molecular weight excluding hydrogens is 359 g/mol. The Labute approximate surface area is 153 Å². The molecular formula is C19H16F3N3O2. The molecule has 140 valence electrons. The fourth-order valence-electron chi connectivity index (χ4n) is 2.58. The van der Waals surface area contributed by atoms with Crippen molar-refractivity contribution in [1.29, 1.82) is 0 Å². The first-order valence-electron chi connectivity index (χ1n) is 8.15. The summed E-state index contributed by atoms with van der Waals surface area (Å²) in [4.78, 5) is 20.4. The number of alkyl halides is 3. The molecule has 2 aromatic heterocycles. The second kappa shape index (κ2) is 8.03. The third-order valence-corrected chi connectivity index (χ3v) is 3.77. The highest BCUT2D eigenvalue weighted by molar-refractivity contribution is 5.87. The lowest BCUT2D eigenvalue weighted by Crippen LogP contribution is -2.26. The summed E-state index contributed by atoms with van der Waals surface area (Å²) in [6.45, 7) is -1.43. The fourth-order valence-corrected chi connectivity index (χ4v) is 2.58. The van der Waals surface area contributed by atoms with Gasteiger partial charge in [0.1, 0.15) is 0 Å². The number of benzene rings is 1. The number of carbonyl (C=O) groups excluding carboxylic acids is 1. The van der Waals surface area contributed by atoms with Crippen LogP contribution >= 0.6 is 0 Å². The third-order valence-electron chi connectivity index (χ3n) is 3.77. The van der Waals surface area contributed by atoms with Gasteiger partial charge in [-0.25, -0.2) is 4.98 Å². The lowest BCUT2D eigenvalue weighted by Gasteiger charge is -2.12.